The van der Waals surface area contributed by atoms with Crippen LogP contribution in [0.5, 0.6) is 0 Å². The van der Waals surface area contributed by atoms with E-state index in [0.717, 1.165) is 18.1 Å². The Labute approximate surface area is 160 Å². The highest BCUT2D eigenvalue weighted by molar-refractivity contribution is 8.01. The molecule has 26 heavy (non-hydrogen) atoms. The Hall–Kier alpha value is -1.41. The van der Waals surface area contributed by atoms with E-state index in [-0.39, 0.29) is 5.91 Å². The Morgan fingerprint density at radius 3 is 2.85 bits per heavy atom. The first kappa shape index (κ1) is 20.9. The summed E-state index contributed by atoms with van der Waals surface area (Å²) in [6.45, 7) is 8.09. The molecule has 1 aromatic rings. The van der Waals surface area contributed by atoms with E-state index in [1.165, 1.54) is 11.8 Å². The number of morpholine rings is 1. The minimum atomic E-state index is -1.06. The summed E-state index contributed by atoms with van der Waals surface area (Å²) >= 11 is 1.35. The normalized spacial score (nSPS) is 18.2. The van der Waals surface area contributed by atoms with Crippen LogP contribution in [0.4, 0.5) is 0 Å². The molecule has 0 aliphatic carbocycles. The van der Waals surface area contributed by atoms with Gasteiger partial charge in [-0.25, -0.2) is 4.98 Å². The fourth-order valence-corrected chi connectivity index (χ4v) is 3.70. The number of rotatable bonds is 9. The number of carbonyl (C=O) groups excluding carboxylic acids is 1. The van der Waals surface area contributed by atoms with Crippen molar-refractivity contribution in [2.45, 2.75) is 23.8 Å². The van der Waals surface area contributed by atoms with Crippen LogP contribution in [-0.4, -0.2) is 67.2 Å². The molecular formula is C19H29N3O3S. The standard InChI is InChI=1S/C19H29N3O3S/c1-16(2)7-6-10-21-18(23)19(24-3,15-22-11-13-25-14-12-22)26-17-8-4-5-9-20-17/h4-9,16H,10-15H2,1-3H3,(H,21,23). The second-order valence-corrected chi connectivity index (χ2v) is 7.78. The van der Waals surface area contributed by atoms with Gasteiger partial charge in [0.25, 0.3) is 5.91 Å². The molecule has 144 valence electrons. The summed E-state index contributed by atoms with van der Waals surface area (Å²) < 4.78 is 11.2. The average Bonchev–Trinajstić information content (AvgIpc) is 2.66. The number of methoxy groups -OCH3 is 1. The van der Waals surface area contributed by atoms with Gasteiger partial charge in [-0.3, -0.25) is 9.69 Å². The van der Waals surface area contributed by atoms with Crippen molar-refractivity contribution in [3.63, 3.8) is 0 Å². The maximum absolute atomic E-state index is 13.0. The fraction of sp³-hybridized carbons (Fsp3) is 0.579. The number of pyridine rings is 1. The molecule has 6 nitrogen and oxygen atoms in total. The topological polar surface area (TPSA) is 63.7 Å². The number of carbonyl (C=O) groups is 1. The molecule has 0 bridgehead atoms. The van der Waals surface area contributed by atoms with Gasteiger partial charge in [0.1, 0.15) is 0 Å². The smallest absolute Gasteiger partial charge is 0.264 e. The Morgan fingerprint density at radius 2 is 2.23 bits per heavy atom. The molecule has 2 heterocycles. The van der Waals surface area contributed by atoms with E-state index in [9.17, 15) is 4.79 Å². The first-order valence-electron chi connectivity index (χ1n) is 8.96. The van der Waals surface area contributed by atoms with Crippen LogP contribution in [-0.2, 0) is 14.3 Å². The summed E-state index contributed by atoms with van der Waals surface area (Å²) in [5.41, 5.74) is 0. The van der Waals surface area contributed by atoms with E-state index in [0.29, 0.717) is 32.2 Å². The lowest BCUT2D eigenvalue weighted by molar-refractivity contribution is -0.136. The zero-order valence-electron chi connectivity index (χ0n) is 15.8. The van der Waals surface area contributed by atoms with Gasteiger partial charge in [0.15, 0.2) is 0 Å². The van der Waals surface area contributed by atoms with E-state index in [1.54, 1.807) is 13.3 Å². The Balaban J connectivity index is 2.13. The van der Waals surface area contributed by atoms with Crippen molar-refractivity contribution in [3.8, 4) is 0 Å². The third-order valence-corrected chi connectivity index (χ3v) is 5.28. The molecule has 1 amide bonds. The molecule has 1 atom stereocenters. The first-order chi connectivity index (χ1) is 12.6. The number of ether oxygens (including phenoxy) is 2. The van der Waals surface area contributed by atoms with Crippen molar-refractivity contribution in [2.75, 3.05) is 46.5 Å². The van der Waals surface area contributed by atoms with Crippen LogP contribution in [0.2, 0.25) is 0 Å². The van der Waals surface area contributed by atoms with E-state index < -0.39 is 4.93 Å². The molecular weight excluding hydrogens is 350 g/mol. The SMILES string of the molecule is COC(CN1CCOCC1)(Sc1ccccn1)C(=O)NCC=CC(C)C. The van der Waals surface area contributed by atoms with Crippen LogP contribution in [0, 0.1) is 5.92 Å². The second kappa shape index (κ2) is 10.7. The van der Waals surface area contributed by atoms with Gasteiger partial charge in [-0.2, -0.15) is 0 Å². The molecule has 1 unspecified atom stereocenters. The number of nitrogens with one attached hydrogen (secondary N) is 1. The summed E-state index contributed by atoms with van der Waals surface area (Å²) in [4.78, 5) is 18.5. The number of hydrogen-bond donors (Lipinski definition) is 1. The molecule has 1 aliphatic rings. The van der Waals surface area contributed by atoms with Crippen molar-refractivity contribution in [1.29, 1.82) is 0 Å². The predicted octanol–water partition coefficient (Wildman–Crippen LogP) is 2.18. The highest BCUT2D eigenvalue weighted by Gasteiger charge is 2.42. The lowest BCUT2D eigenvalue weighted by Gasteiger charge is -2.36. The zero-order chi connectivity index (χ0) is 18.8. The highest BCUT2D eigenvalue weighted by Crippen LogP contribution is 2.34. The van der Waals surface area contributed by atoms with Crippen LogP contribution < -0.4 is 5.32 Å². The van der Waals surface area contributed by atoms with Gasteiger partial charge in [0.05, 0.1) is 18.2 Å². The Morgan fingerprint density at radius 1 is 1.46 bits per heavy atom. The summed E-state index contributed by atoms with van der Waals surface area (Å²) in [5.74, 6) is 0.311. The fourth-order valence-electron chi connectivity index (χ4n) is 2.61. The van der Waals surface area contributed by atoms with E-state index in [2.05, 4.69) is 35.1 Å². The van der Waals surface area contributed by atoms with Crippen molar-refractivity contribution < 1.29 is 14.3 Å². The molecule has 1 aliphatic heterocycles. The minimum absolute atomic E-state index is 0.143. The van der Waals surface area contributed by atoms with E-state index >= 15 is 0 Å². The summed E-state index contributed by atoms with van der Waals surface area (Å²) in [5, 5.41) is 3.74. The lowest BCUT2D eigenvalue weighted by atomic mass is 10.2. The van der Waals surface area contributed by atoms with Gasteiger partial charge in [-0.1, -0.05) is 43.8 Å². The zero-order valence-corrected chi connectivity index (χ0v) is 16.6. The van der Waals surface area contributed by atoms with Crippen molar-refractivity contribution in [3.05, 3.63) is 36.5 Å². The molecule has 1 N–H and O–H groups in total. The van der Waals surface area contributed by atoms with Crippen LogP contribution in [0.3, 0.4) is 0 Å². The number of allylic oxidation sites excluding steroid dienone is 1. The summed E-state index contributed by atoms with van der Waals surface area (Å²) in [6, 6.07) is 5.66. The monoisotopic (exact) mass is 379 g/mol. The second-order valence-electron chi connectivity index (χ2n) is 6.50. The van der Waals surface area contributed by atoms with E-state index in [1.807, 2.05) is 24.3 Å². The highest BCUT2D eigenvalue weighted by atomic mass is 32.2. The largest absolute Gasteiger partial charge is 0.379 e. The molecule has 0 saturated carbocycles. The number of hydrogen-bond acceptors (Lipinski definition) is 6. The van der Waals surface area contributed by atoms with Crippen LogP contribution in [0.1, 0.15) is 13.8 Å². The third-order valence-electron chi connectivity index (χ3n) is 4.02. The molecule has 1 aromatic heterocycles. The van der Waals surface area contributed by atoms with Crippen molar-refractivity contribution >= 4 is 17.7 Å². The molecule has 2 rings (SSSR count). The van der Waals surface area contributed by atoms with Gasteiger partial charge in [0.2, 0.25) is 4.93 Å². The number of thioether (sulfide) groups is 1. The van der Waals surface area contributed by atoms with Gasteiger partial charge in [-0.15, -0.1) is 0 Å². The number of aromatic nitrogens is 1. The number of nitrogens with zero attached hydrogens (tertiary/aromatic N) is 2. The van der Waals surface area contributed by atoms with E-state index in [4.69, 9.17) is 9.47 Å². The lowest BCUT2D eigenvalue weighted by Crippen LogP contribution is -2.55. The molecule has 0 radical (unpaired) electrons. The van der Waals surface area contributed by atoms with Gasteiger partial charge in [-0.05, 0) is 18.1 Å². The summed E-state index contributed by atoms with van der Waals surface area (Å²) in [7, 11) is 1.58. The summed E-state index contributed by atoms with van der Waals surface area (Å²) in [6.07, 6.45) is 5.77. The third kappa shape index (κ3) is 6.39. The van der Waals surface area contributed by atoms with Crippen LogP contribution in [0.25, 0.3) is 0 Å². The maximum atomic E-state index is 13.0. The molecule has 1 saturated heterocycles. The molecule has 0 aromatic carbocycles. The van der Waals surface area contributed by atoms with Crippen LogP contribution >= 0.6 is 11.8 Å². The predicted molar refractivity (Wildman–Crippen MR) is 104 cm³/mol. The van der Waals surface area contributed by atoms with Crippen molar-refractivity contribution in [2.24, 2.45) is 5.92 Å². The average molecular weight is 380 g/mol. The van der Waals surface area contributed by atoms with Crippen molar-refractivity contribution in [1.82, 2.24) is 15.2 Å². The first-order valence-corrected chi connectivity index (χ1v) is 9.77. The molecule has 1 fully saturated rings. The Kier molecular flexibility index (Phi) is 8.58. The van der Waals surface area contributed by atoms with Crippen LogP contribution in [0.15, 0.2) is 41.6 Å². The Bertz CT molecular complexity index is 577. The quantitative estimate of drug-likeness (QED) is 0.403. The van der Waals surface area contributed by atoms with Gasteiger partial charge in [0, 0.05) is 39.5 Å². The maximum Gasteiger partial charge on any atom is 0.264 e. The van der Waals surface area contributed by atoms with Gasteiger partial charge >= 0.3 is 0 Å². The molecule has 7 heteroatoms. The van der Waals surface area contributed by atoms with Gasteiger partial charge < -0.3 is 14.8 Å². The minimum Gasteiger partial charge on any atom is -0.379 e. The number of amides is 1. The molecule has 0 spiro atoms.